The summed E-state index contributed by atoms with van der Waals surface area (Å²) in [5.74, 6) is -2.63. The summed E-state index contributed by atoms with van der Waals surface area (Å²) < 4.78 is 45.6. The van der Waals surface area contributed by atoms with E-state index in [1.807, 2.05) is 0 Å². The van der Waals surface area contributed by atoms with Gasteiger partial charge >= 0.3 is 0 Å². The van der Waals surface area contributed by atoms with Gasteiger partial charge in [-0.2, -0.15) is 0 Å². The maximum absolute atomic E-state index is 14.2. The second-order valence-corrected chi connectivity index (χ2v) is 13.3. The fraction of sp³-hybridized carbons (Fsp3) is 0.559. The highest BCUT2D eigenvalue weighted by Crippen LogP contribution is 2.40. The highest BCUT2D eigenvalue weighted by molar-refractivity contribution is 5.88. The Balaban J connectivity index is 1.41. The summed E-state index contributed by atoms with van der Waals surface area (Å²) in [6, 6.07) is 5.69. The van der Waals surface area contributed by atoms with Gasteiger partial charge in [-0.05, 0) is 32.0 Å². The van der Waals surface area contributed by atoms with Gasteiger partial charge in [0.25, 0.3) is 0 Å². The molecule has 2 aromatic carbocycles. The van der Waals surface area contributed by atoms with Gasteiger partial charge in [0, 0.05) is 17.7 Å². The van der Waals surface area contributed by atoms with Gasteiger partial charge in [-0.1, -0.05) is 0 Å². The number of benzene rings is 2. The number of phenolic OH excluding ortho intramolecular Hbond substituents is 3. The highest BCUT2D eigenvalue weighted by atomic mass is 16.8. The Kier molecular flexibility index (Phi) is 11.6. The minimum absolute atomic E-state index is 0.0468. The smallest absolute Gasteiger partial charge is 0.239 e. The molecule has 3 saturated heterocycles. The predicted octanol–water partition coefficient (Wildman–Crippen LogP) is -2.53. The first-order valence-electron chi connectivity index (χ1n) is 16.8. The average molecular weight is 771 g/mol. The summed E-state index contributed by atoms with van der Waals surface area (Å²) >= 11 is 0. The Morgan fingerprint density at radius 1 is 0.685 bits per heavy atom. The maximum atomic E-state index is 14.2. The number of phenols is 3. The van der Waals surface area contributed by atoms with Crippen LogP contribution in [0.25, 0.3) is 22.3 Å². The van der Waals surface area contributed by atoms with Gasteiger partial charge in [0.1, 0.15) is 77.4 Å². The first-order valence-corrected chi connectivity index (χ1v) is 16.8. The predicted molar refractivity (Wildman–Crippen MR) is 176 cm³/mol. The van der Waals surface area contributed by atoms with Crippen molar-refractivity contribution < 1.29 is 93.7 Å². The molecule has 20 nitrogen and oxygen atoms in total. The van der Waals surface area contributed by atoms with E-state index in [-0.39, 0.29) is 28.4 Å². The van der Waals surface area contributed by atoms with Crippen molar-refractivity contribution in [1.29, 1.82) is 0 Å². The molecule has 0 radical (unpaired) electrons. The molecular weight excluding hydrogens is 728 g/mol. The Hall–Kier alpha value is -3.87. The Labute approximate surface area is 305 Å². The van der Waals surface area contributed by atoms with Crippen molar-refractivity contribution in [3.05, 3.63) is 40.6 Å². The van der Waals surface area contributed by atoms with Gasteiger partial charge in [0.05, 0.1) is 25.9 Å². The Bertz CT molecular complexity index is 1850. The van der Waals surface area contributed by atoms with Gasteiger partial charge in [-0.3, -0.25) is 4.79 Å². The lowest BCUT2D eigenvalue weighted by atomic mass is 9.97. The topological polar surface area (TPSA) is 317 Å². The molecule has 0 unspecified atom stereocenters. The van der Waals surface area contributed by atoms with Crippen molar-refractivity contribution in [2.24, 2.45) is 0 Å². The lowest BCUT2D eigenvalue weighted by Gasteiger charge is -2.46. The number of aliphatic hydroxyl groups excluding tert-OH is 8. The average Bonchev–Trinajstić information content (AvgIpc) is 3.13. The zero-order valence-electron chi connectivity index (χ0n) is 28.8. The molecule has 20 heteroatoms. The van der Waals surface area contributed by atoms with E-state index in [1.165, 1.54) is 39.2 Å². The molecule has 0 saturated carbocycles. The second-order valence-electron chi connectivity index (χ2n) is 13.3. The molecule has 3 aliphatic heterocycles. The van der Waals surface area contributed by atoms with Crippen LogP contribution in [0.4, 0.5) is 0 Å². The number of hydrogen-bond acceptors (Lipinski definition) is 20. The van der Waals surface area contributed by atoms with Crippen LogP contribution in [-0.2, 0) is 23.7 Å². The molecular formula is C34H42O20. The zero-order valence-corrected chi connectivity index (χ0v) is 28.8. The molecule has 1 aromatic heterocycles. The van der Waals surface area contributed by atoms with Crippen LogP contribution in [0.2, 0.25) is 0 Å². The lowest BCUT2D eigenvalue weighted by molar-refractivity contribution is -0.360. The van der Waals surface area contributed by atoms with Crippen molar-refractivity contribution in [3.8, 4) is 40.1 Å². The van der Waals surface area contributed by atoms with Crippen LogP contribution >= 0.6 is 0 Å². The van der Waals surface area contributed by atoms with Crippen LogP contribution in [0.5, 0.6) is 28.7 Å². The van der Waals surface area contributed by atoms with Gasteiger partial charge in [0.2, 0.25) is 17.5 Å². The van der Waals surface area contributed by atoms with Crippen molar-refractivity contribution in [3.63, 3.8) is 0 Å². The molecule has 11 N–H and O–H groups in total. The van der Waals surface area contributed by atoms with E-state index in [9.17, 15) is 61.0 Å². The number of methoxy groups -OCH3 is 1. The van der Waals surface area contributed by atoms with Crippen LogP contribution in [-0.4, -0.2) is 162 Å². The standard InChI is InChI=1S/C34H42O20/c1-10-20(38)24(42)27(45)32(49-10)48-9-18-22(40)26(44)31(54-33-28(46)25(43)21(39)11(2)50-33)34(52-18)53-30-23(41)19-15(37)7-13(35)8-17(19)51-29(30)12-4-5-14(36)16(6-12)47-3/h4-8,10-11,18,20-22,24-28,31-40,42-46H,9H2,1-3H3/t10-,11-,18-,20-,21-,22-,24+,25+,26+,27-,28-,31-,32-,33+,34+/m0/s1. The summed E-state index contributed by atoms with van der Waals surface area (Å²) in [6.07, 6.45) is -24.9. The van der Waals surface area contributed by atoms with E-state index >= 15 is 0 Å². The number of ether oxygens (including phenoxy) is 7. The van der Waals surface area contributed by atoms with Gasteiger partial charge in [-0.15, -0.1) is 0 Å². The first-order chi connectivity index (χ1) is 25.5. The van der Waals surface area contributed by atoms with Crippen molar-refractivity contribution in [2.45, 2.75) is 106 Å². The molecule has 298 valence electrons. The van der Waals surface area contributed by atoms with E-state index in [2.05, 4.69) is 0 Å². The number of fused-ring (bicyclic) bond motifs is 1. The number of aromatic hydroxyl groups is 3. The third-order valence-corrected chi connectivity index (χ3v) is 9.57. The third kappa shape index (κ3) is 7.41. The van der Waals surface area contributed by atoms with Crippen LogP contribution in [0.3, 0.4) is 0 Å². The molecule has 0 aliphatic carbocycles. The zero-order chi connectivity index (χ0) is 39.3. The third-order valence-electron chi connectivity index (χ3n) is 9.57. The van der Waals surface area contributed by atoms with Gasteiger partial charge < -0.3 is 93.7 Å². The maximum Gasteiger partial charge on any atom is 0.239 e. The minimum atomic E-state index is -2.02. The SMILES string of the molecule is COc1cc(-c2oc3cc(O)cc(O)c3c(=O)c2O[C@H]2O[C@@H](CO[C@H]3O[C@@H](C)[C@H](O)[C@@H](O)[C@@H]3O)[C@H](O)[C@@H](O)[C@@H]2O[C@H]2O[C@@H](C)[C@H](O)[C@@H](O)[C@@H]2O)ccc1O. The summed E-state index contributed by atoms with van der Waals surface area (Å²) in [4.78, 5) is 14.2. The minimum Gasteiger partial charge on any atom is -0.508 e. The molecule has 0 amide bonds. The monoisotopic (exact) mass is 770 g/mol. The van der Waals surface area contributed by atoms with Crippen molar-refractivity contribution >= 4 is 11.0 Å². The first kappa shape index (κ1) is 39.8. The normalized spacial score (nSPS) is 37.3. The van der Waals surface area contributed by atoms with Crippen LogP contribution in [0, 0.1) is 0 Å². The fourth-order valence-corrected chi connectivity index (χ4v) is 6.40. The van der Waals surface area contributed by atoms with E-state index in [1.54, 1.807) is 0 Å². The molecule has 54 heavy (non-hydrogen) atoms. The van der Waals surface area contributed by atoms with Gasteiger partial charge in [0.15, 0.2) is 35.9 Å². The van der Waals surface area contributed by atoms with Crippen molar-refractivity contribution in [2.75, 3.05) is 13.7 Å². The molecule has 15 atom stereocenters. The summed E-state index contributed by atoms with van der Waals surface area (Å²) in [7, 11) is 1.26. The Morgan fingerprint density at radius 2 is 1.31 bits per heavy atom. The Morgan fingerprint density at radius 3 is 1.96 bits per heavy atom. The molecule has 6 rings (SSSR count). The van der Waals surface area contributed by atoms with Gasteiger partial charge in [-0.25, -0.2) is 0 Å². The largest absolute Gasteiger partial charge is 0.508 e. The molecule has 3 fully saturated rings. The summed E-state index contributed by atoms with van der Waals surface area (Å²) in [5, 5.41) is 115. The number of rotatable bonds is 9. The van der Waals surface area contributed by atoms with E-state index in [4.69, 9.17) is 37.6 Å². The van der Waals surface area contributed by atoms with Crippen LogP contribution < -0.4 is 14.9 Å². The van der Waals surface area contributed by atoms with Crippen LogP contribution in [0.15, 0.2) is 39.5 Å². The molecule has 0 spiro atoms. The second kappa shape index (κ2) is 15.7. The van der Waals surface area contributed by atoms with E-state index in [0.29, 0.717) is 0 Å². The van der Waals surface area contributed by atoms with E-state index in [0.717, 1.165) is 12.1 Å². The molecule has 3 aliphatic rings. The van der Waals surface area contributed by atoms with E-state index < -0.39 is 127 Å². The fourth-order valence-electron chi connectivity index (χ4n) is 6.40. The molecule has 0 bridgehead atoms. The summed E-state index contributed by atoms with van der Waals surface area (Å²) in [6.45, 7) is 2.09. The lowest BCUT2D eigenvalue weighted by Crippen LogP contribution is -2.65. The number of aliphatic hydroxyl groups is 8. The molecule has 4 heterocycles. The number of hydrogen-bond donors (Lipinski definition) is 11. The highest BCUT2D eigenvalue weighted by Gasteiger charge is 2.52. The van der Waals surface area contributed by atoms with Crippen molar-refractivity contribution in [1.82, 2.24) is 0 Å². The summed E-state index contributed by atoms with van der Waals surface area (Å²) in [5.41, 5.74) is -1.31. The molecule has 3 aromatic rings. The van der Waals surface area contributed by atoms with Crippen LogP contribution in [0.1, 0.15) is 13.8 Å². The quantitative estimate of drug-likeness (QED) is 0.107.